The van der Waals surface area contributed by atoms with Crippen molar-refractivity contribution in [1.29, 1.82) is 0 Å². The SMILES string of the molecule is CC(C)NC(=O)C(C)C(C)CCC(C)N(C)C(=O)C(C)C(C)C. The van der Waals surface area contributed by atoms with Gasteiger partial charge in [0.25, 0.3) is 0 Å². The number of rotatable bonds is 9. The van der Waals surface area contributed by atoms with Gasteiger partial charge in [-0.15, -0.1) is 0 Å². The number of hydrogen-bond acceptors (Lipinski definition) is 2. The minimum atomic E-state index is 0.000181. The van der Waals surface area contributed by atoms with Crippen molar-refractivity contribution in [3.63, 3.8) is 0 Å². The van der Waals surface area contributed by atoms with Gasteiger partial charge in [-0.1, -0.05) is 34.6 Å². The van der Waals surface area contributed by atoms with Crippen molar-refractivity contribution in [2.45, 2.75) is 80.3 Å². The van der Waals surface area contributed by atoms with Crippen LogP contribution in [0, 0.1) is 23.7 Å². The summed E-state index contributed by atoms with van der Waals surface area (Å²) in [5, 5.41) is 2.98. The van der Waals surface area contributed by atoms with Crippen LogP contribution in [0.5, 0.6) is 0 Å². The van der Waals surface area contributed by atoms with E-state index in [4.69, 9.17) is 0 Å². The first-order valence-electron chi connectivity index (χ1n) is 9.06. The maximum absolute atomic E-state index is 12.4. The van der Waals surface area contributed by atoms with Crippen molar-refractivity contribution in [3.05, 3.63) is 0 Å². The Morgan fingerprint density at radius 2 is 1.39 bits per heavy atom. The summed E-state index contributed by atoms with van der Waals surface area (Å²) in [6, 6.07) is 0.379. The average Bonchev–Trinajstić information content (AvgIpc) is 2.48. The van der Waals surface area contributed by atoms with E-state index in [2.05, 4.69) is 33.0 Å². The van der Waals surface area contributed by atoms with Crippen molar-refractivity contribution >= 4 is 11.8 Å². The number of nitrogens with zero attached hydrogens (tertiary/aromatic N) is 1. The third kappa shape index (κ3) is 7.36. The Hall–Kier alpha value is -1.06. The van der Waals surface area contributed by atoms with E-state index in [9.17, 15) is 9.59 Å². The van der Waals surface area contributed by atoms with Crippen LogP contribution >= 0.6 is 0 Å². The van der Waals surface area contributed by atoms with Crippen LogP contribution in [0.1, 0.15) is 68.2 Å². The molecule has 0 aromatic heterocycles. The highest BCUT2D eigenvalue weighted by Gasteiger charge is 2.25. The summed E-state index contributed by atoms with van der Waals surface area (Å²) < 4.78 is 0. The predicted octanol–water partition coefficient (Wildman–Crippen LogP) is 3.70. The smallest absolute Gasteiger partial charge is 0.225 e. The summed E-state index contributed by atoms with van der Waals surface area (Å²) in [5.41, 5.74) is 0. The molecular weight excluding hydrogens is 288 g/mol. The maximum Gasteiger partial charge on any atom is 0.225 e. The molecule has 4 nitrogen and oxygen atoms in total. The molecule has 0 aromatic rings. The van der Waals surface area contributed by atoms with E-state index in [1.807, 2.05) is 39.6 Å². The standard InChI is InChI=1S/C19H38N2O2/c1-12(2)16(7)19(23)21(9)15(6)11-10-14(5)17(8)18(22)20-13(3)4/h12-17H,10-11H2,1-9H3,(H,20,22). The Bertz CT molecular complexity index is 380. The molecule has 0 aromatic carbocycles. The lowest BCUT2D eigenvalue weighted by Crippen LogP contribution is -2.40. The van der Waals surface area contributed by atoms with Crippen molar-refractivity contribution in [1.82, 2.24) is 10.2 Å². The second-order valence-electron chi connectivity index (χ2n) is 7.84. The first kappa shape index (κ1) is 21.9. The highest BCUT2D eigenvalue weighted by Crippen LogP contribution is 2.21. The summed E-state index contributed by atoms with van der Waals surface area (Å²) in [6.45, 7) is 16.3. The van der Waals surface area contributed by atoms with E-state index in [1.54, 1.807) is 0 Å². The number of carbonyl (C=O) groups excluding carboxylic acids is 2. The third-order valence-electron chi connectivity index (χ3n) is 5.14. The molecule has 0 saturated heterocycles. The van der Waals surface area contributed by atoms with E-state index < -0.39 is 0 Å². The molecule has 0 aliphatic rings. The molecule has 4 heteroatoms. The number of amides is 2. The predicted molar refractivity (Wildman–Crippen MR) is 97.1 cm³/mol. The van der Waals surface area contributed by atoms with Gasteiger partial charge < -0.3 is 10.2 Å². The number of nitrogens with one attached hydrogen (secondary N) is 1. The molecule has 4 atom stereocenters. The van der Waals surface area contributed by atoms with Gasteiger partial charge in [0.1, 0.15) is 0 Å². The van der Waals surface area contributed by atoms with E-state index in [0.717, 1.165) is 12.8 Å². The van der Waals surface area contributed by atoms with Gasteiger partial charge in [-0.2, -0.15) is 0 Å². The molecule has 4 unspecified atom stereocenters. The molecule has 23 heavy (non-hydrogen) atoms. The molecule has 0 aliphatic carbocycles. The molecule has 0 radical (unpaired) electrons. The van der Waals surface area contributed by atoms with Crippen LogP contribution in [-0.2, 0) is 9.59 Å². The van der Waals surface area contributed by atoms with Gasteiger partial charge >= 0.3 is 0 Å². The fourth-order valence-corrected chi connectivity index (χ4v) is 2.45. The zero-order valence-electron chi connectivity index (χ0n) is 16.6. The number of hydrogen-bond donors (Lipinski definition) is 1. The first-order chi connectivity index (χ1) is 10.5. The third-order valence-corrected chi connectivity index (χ3v) is 5.14. The average molecular weight is 327 g/mol. The molecule has 0 rings (SSSR count). The van der Waals surface area contributed by atoms with E-state index in [1.165, 1.54) is 0 Å². The van der Waals surface area contributed by atoms with Crippen LogP contribution in [0.25, 0.3) is 0 Å². The molecule has 0 heterocycles. The van der Waals surface area contributed by atoms with Crippen molar-refractivity contribution < 1.29 is 9.59 Å². The maximum atomic E-state index is 12.4. The fraction of sp³-hybridized carbons (Fsp3) is 0.895. The van der Waals surface area contributed by atoms with E-state index >= 15 is 0 Å². The zero-order valence-corrected chi connectivity index (χ0v) is 16.6. The topological polar surface area (TPSA) is 49.4 Å². The first-order valence-corrected chi connectivity index (χ1v) is 9.06. The van der Waals surface area contributed by atoms with E-state index in [0.29, 0.717) is 11.8 Å². The van der Waals surface area contributed by atoms with Crippen molar-refractivity contribution in [2.75, 3.05) is 7.05 Å². The summed E-state index contributed by atoms with van der Waals surface area (Å²) in [7, 11) is 1.89. The highest BCUT2D eigenvalue weighted by molar-refractivity contribution is 5.79. The summed E-state index contributed by atoms with van der Waals surface area (Å²) in [5.74, 6) is 1.05. The summed E-state index contributed by atoms with van der Waals surface area (Å²) in [6.07, 6.45) is 1.87. The lowest BCUT2D eigenvalue weighted by Gasteiger charge is -2.30. The Kier molecular flexibility index (Phi) is 9.48. The summed E-state index contributed by atoms with van der Waals surface area (Å²) >= 11 is 0. The van der Waals surface area contributed by atoms with Gasteiger partial charge in [-0.25, -0.2) is 0 Å². The molecule has 0 saturated carbocycles. The summed E-state index contributed by atoms with van der Waals surface area (Å²) in [4.78, 5) is 26.3. The van der Waals surface area contributed by atoms with Gasteiger partial charge in [0.2, 0.25) is 11.8 Å². The van der Waals surface area contributed by atoms with Crippen LogP contribution in [0.4, 0.5) is 0 Å². The van der Waals surface area contributed by atoms with Crippen LogP contribution in [0.2, 0.25) is 0 Å². The van der Waals surface area contributed by atoms with Gasteiger partial charge in [0, 0.05) is 31.0 Å². The molecule has 0 aliphatic heterocycles. The minimum Gasteiger partial charge on any atom is -0.354 e. The van der Waals surface area contributed by atoms with Crippen LogP contribution in [-0.4, -0.2) is 35.8 Å². The van der Waals surface area contributed by atoms with E-state index in [-0.39, 0.29) is 35.7 Å². The molecule has 0 bridgehead atoms. The lowest BCUT2D eigenvalue weighted by atomic mass is 9.89. The Morgan fingerprint density at radius 3 is 1.83 bits per heavy atom. The van der Waals surface area contributed by atoms with Gasteiger partial charge in [0.15, 0.2) is 0 Å². The Labute approximate surface area is 143 Å². The second kappa shape index (κ2) is 9.94. The van der Waals surface area contributed by atoms with Gasteiger partial charge in [-0.05, 0) is 45.4 Å². The van der Waals surface area contributed by atoms with Crippen LogP contribution in [0.3, 0.4) is 0 Å². The Morgan fingerprint density at radius 1 is 0.870 bits per heavy atom. The Balaban J connectivity index is 4.44. The molecule has 2 amide bonds. The second-order valence-corrected chi connectivity index (χ2v) is 7.84. The van der Waals surface area contributed by atoms with Crippen molar-refractivity contribution in [2.24, 2.45) is 23.7 Å². The minimum absolute atomic E-state index is 0.000181. The van der Waals surface area contributed by atoms with Gasteiger partial charge in [-0.3, -0.25) is 9.59 Å². The highest BCUT2D eigenvalue weighted by atomic mass is 16.2. The fourth-order valence-electron chi connectivity index (χ4n) is 2.45. The zero-order chi connectivity index (χ0) is 18.3. The molecule has 0 fully saturated rings. The molecule has 136 valence electrons. The van der Waals surface area contributed by atoms with Crippen LogP contribution in [0.15, 0.2) is 0 Å². The quantitative estimate of drug-likeness (QED) is 0.702. The van der Waals surface area contributed by atoms with Crippen molar-refractivity contribution in [3.8, 4) is 0 Å². The van der Waals surface area contributed by atoms with Gasteiger partial charge in [0.05, 0.1) is 0 Å². The molecular formula is C19H38N2O2. The normalized spacial score (nSPS) is 16.8. The molecule has 0 spiro atoms. The largest absolute Gasteiger partial charge is 0.354 e. The monoisotopic (exact) mass is 326 g/mol. The molecule has 1 N–H and O–H groups in total. The number of carbonyl (C=O) groups is 2. The lowest BCUT2D eigenvalue weighted by molar-refractivity contribution is -0.137. The van der Waals surface area contributed by atoms with Crippen LogP contribution < -0.4 is 5.32 Å².